The van der Waals surface area contributed by atoms with Crippen molar-refractivity contribution in [2.45, 2.75) is 58.7 Å². The van der Waals surface area contributed by atoms with Gasteiger partial charge < -0.3 is 10.4 Å². The second-order valence-corrected chi connectivity index (χ2v) is 7.28. The third-order valence-corrected chi connectivity index (χ3v) is 5.03. The fourth-order valence-electron chi connectivity index (χ4n) is 2.48. The van der Waals surface area contributed by atoms with Gasteiger partial charge in [-0.2, -0.15) is 0 Å². The molecule has 0 aliphatic heterocycles. The van der Waals surface area contributed by atoms with Crippen LogP contribution < -0.4 is 5.32 Å². The molecule has 1 aromatic heterocycles. The third-order valence-electron chi connectivity index (χ3n) is 4.00. The van der Waals surface area contributed by atoms with Crippen LogP contribution in [0.15, 0.2) is 12.1 Å². The molecule has 1 aromatic rings. The number of aryl methyl sites for hydroxylation is 1. The summed E-state index contributed by atoms with van der Waals surface area (Å²) in [6.45, 7) is 8.66. The zero-order valence-electron chi connectivity index (χ0n) is 11.2. The van der Waals surface area contributed by atoms with Crippen LogP contribution in [0.1, 0.15) is 36.9 Å². The lowest BCUT2D eigenvalue weighted by Crippen LogP contribution is -2.61. The van der Waals surface area contributed by atoms with Crippen molar-refractivity contribution in [2.24, 2.45) is 5.41 Å². The van der Waals surface area contributed by atoms with E-state index in [1.54, 1.807) is 0 Å². The molecule has 0 spiro atoms. The predicted molar refractivity (Wildman–Crippen MR) is 73.6 cm³/mol. The predicted octanol–water partition coefficient (Wildman–Crippen LogP) is 2.74. The fourth-order valence-corrected chi connectivity index (χ4v) is 3.50. The van der Waals surface area contributed by atoms with Crippen molar-refractivity contribution >= 4 is 11.3 Å². The van der Waals surface area contributed by atoms with Crippen LogP contribution in [-0.4, -0.2) is 23.3 Å². The second-order valence-electron chi connectivity index (χ2n) is 5.91. The van der Waals surface area contributed by atoms with Gasteiger partial charge in [0.1, 0.15) is 0 Å². The minimum absolute atomic E-state index is 0.0274. The van der Waals surface area contributed by atoms with Gasteiger partial charge in [0, 0.05) is 27.3 Å². The number of rotatable bonds is 4. The summed E-state index contributed by atoms with van der Waals surface area (Å²) in [7, 11) is 0. The smallest absolute Gasteiger partial charge is 0.0621 e. The molecule has 1 heterocycles. The number of aliphatic hydroxyl groups is 1. The fraction of sp³-hybridized carbons (Fsp3) is 0.714. The molecule has 1 fully saturated rings. The van der Waals surface area contributed by atoms with Crippen LogP contribution in [0.4, 0.5) is 0 Å². The first-order chi connectivity index (χ1) is 7.89. The monoisotopic (exact) mass is 253 g/mol. The molecule has 0 amide bonds. The van der Waals surface area contributed by atoms with Gasteiger partial charge in [-0.05, 0) is 38.8 Å². The lowest BCUT2D eigenvalue weighted by atomic mass is 9.64. The summed E-state index contributed by atoms with van der Waals surface area (Å²) in [5.41, 5.74) is 0.0274. The van der Waals surface area contributed by atoms with Crippen LogP contribution in [-0.2, 0) is 6.42 Å². The summed E-state index contributed by atoms with van der Waals surface area (Å²) in [5, 5.41) is 13.4. The molecule has 17 heavy (non-hydrogen) atoms. The van der Waals surface area contributed by atoms with Crippen LogP contribution in [0.5, 0.6) is 0 Å². The van der Waals surface area contributed by atoms with Gasteiger partial charge in [-0.3, -0.25) is 0 Å². The maximum Gasteiger partial charge on any atom is 0.0621 e. The van der Waals surface area contributed by atoms with Gasteiger partial charge in [0.25, 0.3) is 0 Å². The van der Waals surface area contributed by atoms with Gasteiger partial charge in [-0.25, -0.2) is 0 Å². The summed E-state index contributed by atoms with van der Waals surface area (Å²) in [6, 6.07) is 5.33. The topological polar surface area (TPSA) is 32.3 Å². The van der Waals surface area contributed by atoms with Crippen molar-refractivity contribution in [3.63, 3.8) is 0 Å². The molecule has 1 aliphatic carbocycles. The Bertz CT molecular complexity index is 385. The molecule has 0 bridgehead atoms. The summed E-state index contributed by atoms with van der Waals surface area (Å²) in [6.07, 6.45) is 1.83. The minimum atomic E-state index is -0.142. The lowest BCUT2D eigenvalue weighted by molar-refractivity contribution is -0.0752. The maximum absolute atomic E-state index is 9.71. The molecule has 3 atom stereocenters. The molecule has 2 nitrogen and oxygen atoms in total. The second kappa shape index (κ2) is 4.71. The third kappa shape index (κ3) is 2.72. The van der Waals surface area contributed by atoms with E-state index in [1.807, 2.05) is 11.3 Å². The van der Waals surface area contributed by atoms with Gasteiger partial charge in [0.15, 0.2) is 0 Å². The Hall–Kier alpha value is -0.380. The van der Waals surface area contributed by atoms with Crippen LogP contribution in [0.2, 0.25) is 0 Å². The van der Waals surface area contributed by atoms with Gasteiger partial charge >= 0.3 is 0 Å². The highest BCUT2D eigenvalue weighted by atomic mass is 32.1. The molecule has 0 saturated heterocycles. The van der Waals surface area contributed by atoms with Crippen molar-refractivity contribution in [3.05, 3.63) is 21.9 Å². The number of hydrogen-bond donors (Lipinski definition) is 2. The van der Waals surface area contributed by atoms with E-state index in [-0.39, 0.29) is 11.5 Å². The first-order valence-electron chi connectivity index (χ1n) is 6.39. The first kappa shape index (κ1) is 13.1. The average molecular weight is 253 g/mol. The van der Waals surface area contributed by atoms with E-state index >= 15 is 0 Å². The molecule has 1 aliphatic rings. The van der Waals surface area contributed by atoms with E-state index in [0.29, 0.717) is 12.1 Å². The number of hydrogen-bond acceptors (Lipinski definition) is 3. The molecule has 2 N–H and O–H groups in total. The van der Waals surface area contributed by atoms with Crippen LogP contribution in [0.25, 0.3) is 0 Å². The largest absolute Gasteiger partial charge is 0.392 e. The molecule has 3 heteroatoms. The van der Waals surface area contributed by atoms with Crippen molar-refractivity contribution < 1.29 is 5.11 Å². The first-order valence-corrected chi connectivity index (χ1v) is 7.20. The Morgan fingerprint density at radius 3 is 2.71 bits per heavy atom. The van der Waals surface area contributed by atoms with Gasteiger partial charge in [-0.15, -0.1) is 11.3 Å². The van der Waals surface area contributed by atoms with E-state index in [1.165, 1.54) is 9.75 Å². The standard InChI is InChI=1S/C14H23NOS/c1-9(7-11-6-5-10(2)17-11)15-12-8-13(16)14(12,3)4/h5-6,9,12-13,15-16H,7-8H2,1-4H3. The normalized spacial score (nSPS) is 28.8. The summed E-state index contributed by atoms with van der Waals surface area (Å²) in [5.74, 6) is 0. The average Bonchev–Trinajstić information content (AvgIpc) is 2.63. The van der Waals surface area contributed by atoms with Crippen molar-refractivity contribution in [3.8, 4) is 0 Å². The van der Waals surface area contributed by atoms with Gasteiger partial charge in [0.2, 0.25) is 0 Å². The Balaban J connectivity index is 1.84. The van der Waals surface area contributed by atoms with Crippen molar-refractivity contribution in [1.82, 2.24) is 5.32 Å². The lowest BCUT2D eigenvalue weighted by Gasteiger charge is -2.50. The van der Waals surface area contributed by atoms with E-state index in [0.717, 1.165) is 12.8 Å². The number of nitrogens with one attached hydrogen (secondary N) is 1. The molecule has 96 valence electrons. The highest BCUT2D eigenvalue weighted by Crippen LogP contribution is 2.40. The number of aliphatic hydroxyl groups excluding tert-OH is 1. The summed E-state index contributed by atoms with van der Waals surface area (Å²) in [4.78, 5) is 2.83. The summed E-state index contributed by atoms with van der Waals surface area (Å²) >= 11 is 1.88. The zero-order valence-corrected chi connectivity index (χ0v) is 12.0. The Kier molecular flexibility index (Phi) is 3.62. The highest BCUT2D eigenvalue weighted by Gasteiger charge is 2.47. The molecular weight excluding hydrogens is 230 g/mol. The highest BCUT2D eigenvalue weighted by molar-refractivity contribution is 7.11. The quantitative estimate of drug-likeness (QED) is 0.865. The van der Waals surface area contributed by atoms with E-state index in [9.17, 15) is 5.11 Å². The molecule has 1 saturated carbocycles. The van der Waals surface area contributed by atoms with Crippen LogP contribution in [0, 0.1) is 12.3 Å². The van der Waals surface area contributed by atoms with Crippen molar-refractivity contribution in [1.29, 1.82) is 0 Å². The Morgan fingerprint density at radius 2 is 2.24 bits per heavy atom. The zero-order chi connectivity index (χ0) is 12.6. The summed E-state index contributed by atoms with van der Waals surface area (Å²) < 4.78 is 0. The minimum Gasteiger partial charge on any atom is -0.392 e. The molecule has 3 unspecified atom stereocenters. The van der Waals surface area contributed by atoms with Gasteiger partial charge in [0.05, 0.1) is 6.10 Å². The molecule has 0 radical (unpaired) electrons. The Labute approximate surface area is 108 Å². The van der Waals surface area contributed by atoms with Crippen LogP contribution in [0.3, 0.4) is 0 Å². The molecular formula is C14H23NOS. The molecule has 2 rings (SSSR count). The van der Waals surface area contributed by atoms with E-state index in [2.05, 4.69) is 45.1 Å². The Morgan fingerprint density at radius 1 is 1.53 bits per heavy atom. The maximum atomic E-state index is 9.71. The van der Waals surface area contributed by atoms with Crippen LogP contribution >= 0.6 is 11.3 Å². The SMILES string of the molecule is Cc1ccc(CC(C)NC2CC(O)C2(C)C)s1. The number of thiophene rings is 1. The van der Waals surface area contributed by atoms with Crippen molar-refractivity contribution in [2.75, 3.05) is 0 Å². The van der Waals surface area contributed by atoms with E-state index in [4.69, 9.17) is 0 Å². The molecule has 0 aromatic carbocycles. The van der Waals surface area contributed by atoms with E-state index < -0.39 is 0 Å². The van der Waals surface area contributed by atoms with Gasteiger partial charge in [-0.1, -0.05) is 13.8 Å².